The minimum atomic E-state index is 0.200. The van der Waals surface area contributed by atoms with E-state index in [9.17, 15) is 0 Å². The van der Waals surface area contributed by atoms with Crippen LogP contribution in [-0.4, -0.2) is 20.8 Å². The van der Waals surface area contributed by atoms with Gasteiger partial charge in [-0.3, -0.25) is 11.3 Å². The van der Waals surface area contributed by atoms with Gasteiger partial charge in [0.05, 0.1) is 0 Å². The first-order valence-corrected chi connectivity index (χ1v) is 7.50. The van der Waals surface area contributed by atoms with Crippen LogP contribution < -0.4 is 11.3 Å². The molecule has 2 rings (SSSR count). The predicted molar refractivity (Wildman–Crippen MR) is 84.7 cm³/mol. The van der Waals surface area contributed by atoms with E-state index in [1.807, 2.05) is 4.68 Å². The number of aryl methyl sites for hydroxylation is 2. The minimum absolute atomic E-state index is 0.200. The maximum atomic E-state index is 5.71. The molecule has 0 saturated carbocycles. The first-order valence-electron chi connectivity index (χ1n) is 7.50. The Bertz CT molecular complexity index is 561. The fourth-order valence-corrected chi connectivity index (χ4v) is 2.54. The molecule has 5 heteroatoms. The highest BCUT2D eigenvalue weighted by molar-refractivity contribution is 5.25. The van der Waals surface area contributed by atoms with Gasteiger partial charge in [-0.05, 0) is 44.7 Å². The maximum absolute atomic E-state index is 5.71. The Morgan fingerprint density at radius 1 is 1.29 bits per heavy atom. The lowest BCUT2D eigenvalue weighted by molar-refractivity contribution is 0.444. The number of nitrogens with zero attached hydrogens (tertiary/aromatic N) is 3. The minimum Gasteiger partial charge on any atom is -0.271 e. The van der Waals surface area contributed by atoms with Gasteiger partial charge in [0.15, 0.2) is 0 Å². The predicted octanol–water partition coefficient (Wildman–Crippen LogP) is 2.17. The van der Waals surface area contributed by atoms with Gasteiger partial charge in [-0.2, -0.15) is 5.10 Å². The van der Waals surface area contributed by atoms with E-state index in [0.717, 1.165) is 25.1 Å². The van der Waals surface area contributed by atoms with Crippen LogP contribution in [0.4, 0.5) is 0 Å². The molecule has 0 fully saturated rings. The van der Waals surface area contributed by atoms with E-state index in [4.69, 9.17) is 5.84 Å². The summed E-state index contributed by atoms with van der Waals surface area (Å²) in [6.45, 7) is 6.36. The molecule has 114 valence electrons. The van der Waals surface area contributed by atoms with Crippen LogP contribution in [0.2, 0.25) is 0 Å². The fourth-order valence-electron chi connectivity index (χ4n) is 2.54. The molecule has 0 spiro atoms. The average molecular weight is 287 g/mol. The lowest BCUT2D eigenvalue weighted by Gasteiger charge is -2.17. The Hall–Kier alpha value is -1.72. The van der Waals surface area contributed by atoms with Crippen molar-refractivity contribution in [1.82, 2.24) is 20.2 Å². The van der Waals surface area contributed by atoms with E-state index in [1.165, 1.54) is 11.1 Å². The van der Waals surface area contributed by atoms with Crippen molar-refractivity contribution in [3.8, 4) is 0 Å². The molecular weight excluding hydrogens is 262 g/mol. The summed E-state index contributed by atoms with van der Waals surface area (Å²) in [6, 6.07) is 9.00. The van der Waals surface area contributed by atoms with Crippen molar-refractivity contribution in [1.29, 1.82) is 0 Å². The summed E-state index contributed by atoms with van der Waals surface area (Å²) in [5.41, 5.74) is 5.62. The monoisotopic (exact) mass is 287 g/mol. The van der Waals surface area contributed by atoms with Crippen LogP contribution in [0.3, 0.4) is 0 Å². The van der Waals surface area contributed by atoms with Crippen LogP contribution in [0.5, 0.6) is 0 Å². The normalized spacial score (nSPS) is 12.8. The molecule has 0 bridgehead atoms. The van der Waals surface area contributed by atoms with Gasteiger partial charge in [-0.25, -0.2) is 9.67 Å². The van der Waals surface area contributed by atoms with Crippen LogP contribution in [0.25, 0.3) is 0 Å². The first-order chi connectivity index (χ1) is 10.1. The quantitative estimate of drug-likeness (QED) is 0.605. The van der Waals surface area contributed by atoms with Crippen molar-refractivity contribution in [2.45, 2.75) is 52.1 Å². The summed E-state index contributed by atoms with van der Waals surface area (Å²) in [7, 11) is 0. The second-order valence-electron chi connectivity index (χ2n) is 5.75. The summed E-state index contributed by atoms with van der Waals surface area (Å²) in [4.78, 5) is 4.35. The SMILES string of the molecule is Cc1ccccc1CCC(Cc1ncnn1C(C)C)NN. The van der Waals surface area contributed by atoms with E-state index < -0.39 is 0 Å². The Balaban J connectivity index is 1.97. The van der Waals surface area contributed by atoms with E-state index in [0.29, 0.717) is 6.04 Å². The van der Waals surface area contributed by atoms with E-state index in [2.05, 4.69) is 60.5 Å². The van der Waals surface area contributed by atoms with Gasteiger partial charge in [0, 0.05) is 18.5 Å². The molecular formula is C16H25N5. The van der Waals surface area contributed by atoms with Gasteiger partial charge < -0.3 is 0 Å². The number of nitrogens with two attached hydrogens (primary N) is 1. The summed E-state index contributed by atoms with van der Waals surface area (Å²) >= 11 is 0. The van der Waals surface area contributed by atoms with Crippen molar-refractivity contribution >= 4 is 0 Å². The zero-order chi connectivity index (χ0) is 15.2. The van der Waals surface area contributed by atoms with Gasteiger partial charge in [0.1, 0.15) is 12.2 Å². The van der Waals surface area contributed by atoms with Crippen molar-refractivity contribution < 1.29 is 0 Å². The highest BCUT2D eigenvalue weighted by atomic mass is 15.3. The Labute approximate surface area is 126 Å². The van der Waals surface area contributed by atoms with Gasteiger partial charge in [-0.15, -0.1) is 0 Å². The Morgan fingerprint density at radius 2 is 2.05 bits per heavy atom. The lowest BCUT2D eigenvalue weighted by atomic mass is 9.99. The molecule has 1 heterocycles. The molecule has 0 aliphatic heterocycles. The first kappa shape index (κ1) is 15.7. The van der Waals surface area contributed by atoms with E-state index >= 15 is 0 Å². The van der Waals surface area contributed by atoms with Crippen LogP contribution >= 0.6 is 0 Å². The molecule has 2 aromatic rings. The van der Waals surface area contributed by atoms with E-state index in [1.54, 1.807) is 6.33 Å². The molecule has 0 radical (unpaired) electrons. The molecule has 1 aromatic heterocycles. The highest BCUT2D eigenvalue weighted by Gasteiger charge is 2.14. The molecule has 1 atom stereocenters. The third-order valence-electron chi connectivity index (χ3n) is 3.82. The molecule has 1 aromatic carbocycles. The summed E-state index contributed by atoms with van der Waals surface area (Å²) < 4.78 is 1.96. The third-order valence-corrected chi connectivity index (χ3v) is 3.82. The van der Waals surface area contributed by atoms with Gasteiger partial charge >= 0.3 is 0 Å². The van der Waals surface area contributed by atoms with Crippen molar-refractivity contribution in [2.75, 3.05) is 0 Å². The molecule has 0 amide bonds. The Morgan fingerprint density at radius 3 is 2.71 bits per heavy atom. The number of hydrazine groups is 1. The fraction of sp³-hybridized carbons (Fsp3) is 0.500. The second-order valence-corrected chi connectivity index (χ2v) is 5.75. The molecule has 3 N–H and O–H groups in total. The van der Waals surface area contributed by atoms with E-state index in [-0.39, 0.29) is 6.04 Å². The van der Waals surface area contributed by atoms with Gasteiger partial charge in [0.2, 0.25) is 0 Å². The third kappa shape index (κ3) is 4.12. The van der Waals surface area contributed by atoms with Gasteiger partial charge in [0.25, 0.3) is 0 Å². The smallest absolute Gasteiger partial charge is 0.138 e. The molecule has 21 heavy (non-hydrogen) atoms. The number of benzene rings is 1. The summed E-state index contributed by atoms with van der Waals surface area (Å²) in [5.74, 6) is 6.69. The number of rotatable bonds is 7. The number of hydrogen-bond acceptors (Lipinski definition) is 4. The standard InChI is InChI=1S/C16H25N5/c1-12(2)21-16(18-11-19-21)10-15(20-17)9-8-14-7-5-4-6-13(14)3/h4-7,11-12,15,20H,8-10,17H2,1-3H3. The maximum Gasteiger partial charge on any atom is 0.138 e. The zero-order valence-electron chi connectivity index (χ0n) is 13.1. The van der Waals surface area contributed by atoms with Crippen LogP contribution in [0.1, 0.15) is 43.3 Å². The van der Waals surface area contributed by atoms with Crippen molar-refractivity contribution in [3.63, 3.8) is 0 Å². The van der Waals surface area contributed by atoms with Crippen molar-refractivity contribution in [3.05, 3.63) is 47.5 Å². The lowest BCUT2D eigenvalue weighted by Crippen LogP contribution is -2.38. The summed E-state index contributed by atoms with van der Waals surface area (Å²) in [5, 5.41) is 4.27. The molecule has 0 aliphatic rings. The molecule has 0 aliphatic carbocycles. The molecule has 5 nitrogen and oxygen atoms in total. The molecule has 0 saturated heterocycles. The Kier molecular flexibility index (Phi) is 5.47. The van der Waals surface area contributed by atoms with Crippen molar-refractivity contribution in [2.24, 2.45) is 5.84 Å². The van der Waals surface area contributed by atoms with Crippen LogP contribution in [0, 0.1) is 6.92 Å². The van der Waals surface area contributed by atoms with Crippen LogP contribution in [0.15, 0.2) is 30.6 Å². The topological polar surface area (TPSA) is 68.8 Å². The second kappa shape index (κ2) is 7.33. The van der Waals surface area contributed by atoms with Gasteiger partial charge in [-0.1, -0.05) is 24.3 Å². The number of hydrogen-bond donors (Lipinski definition) is 2. The zero-order valence-corrected chi connectivity index (χ0v) is 13.1. The number of aromatic nitrogens is 3. The highest BCUT2D eigenvalue weighted by Crippen LogP contribution is 2.13. The largest absolute Gasteiger partial charge is 0.271 e. The average Bonchev–Trinajstić information content (AvgIpc) is 2.93. The molecule has 1 unspecified atom stereocenters. The van der Waals surface area contributed by atoms with Crippen LogP contribution in [-0.2, 0) is 12.8 Å². The summed E-state index contributed by atoms with van der Waals surface area (Å²) in [6.07, 6.45) is 4.40. The number of nitrogens with one attached hydrogen (secondary N) is 1.